The van der Waals surface area contributed by atoms with Gasteiger partial charge in [0.1, 0.15) is 0 Å². The highest BCUT2D eigenvalue weighted by Crippen LogP contribution is 2.19. The van der Waals surface area contributed by atoms with Gasteiger partial charge in [0.05, 0.1) is 6.54 Å². The molecule has 4 heteroatoms. The Kier molecular flexibility index (Phi) is 5.45. The fraction of sp³-hybridized carbons (Fsp3) is 0.462. The molecule has 0 aliphatic heterocycles. The summed E-state index contributed by atoms with van der Waals surface area (Å²) in [6.45, 7) is 2.43. The van der Waals surface area contributed by atoms with Crippen molar-refractivity contribution in [1.82, 2.24) is 10.2 Å². The van der Waals surface area contributed by atoms with Crippen molar-refractivity contribution in [3.05, 3.63) is 34.9 Å². The van der Waals surface area contributed by atoms with E-state index in [9.17, 15) is 4.79 Å². The lowest BCUT2D eigenvalue weighted by Crippen LogP contribution is -2.34. The van der Waals surface area contributed by atoms with Crippen LogP contribution in [0.5, 0.6) is 0 Å². The molecule has 0 radical (unpaired) electrons. The van der Waals surface area contributed by atoms with Gasteiger partial charge in [-0.2, -0.15) is 0 Å². The molecule has 0 saturated carbocycles. The van der Waals surface area contributed by atoms with Gasteiger partial charge in [-0.05, 0) is 24.1 Å². The topological polar surface area (TPSA) is 32.3 Å². The normalized spacial score (nSPS) is 12.2. The third-order valence-corrected chi connectivity index (χ3v) is 2.89. The summed E-state index contributed by atoms with van der Waals surface area (Å²) < 4.78 is 0. The van der Waals surface area contributed by atoms with Gasteiger partial charge in [0.25, 0.3) is 0 Å². The van der Waals surface area contributed by atoms with E-state index in [1.54, 1.807) is 19.0 Å². The second-order valence-corrected chi connectivity index (χ2v) is 4.62. The molecule has 0 aliphatic rings. The first-order chi connectivity index (χ1) is 8.04. The van der Waals surface area contributed by atoms with Crippen molar-refractivity contribution < 1.29 is 4.79 Å². The van der Waals surface area contributed by atoms with Gasteiger partial charge in [-0.25, -0.2) is 0 Å². The van der Waals surface area contributed by atoms with Gasteiger partial charge >= 0.3 is 0 Å². The molecule has 1 rings (SSSR count). The minimum absolute atomic E-state index is 0.0745. The second kappa shape index (κ2) is 6.62. The maximum atomic E-state index is 11.5. The number of likely N-dealkylation sites (N-methyl/N-ethyl adjacent to an activating group) is 1. The lowest BCUT2D eigenvalue weighted by molar-refractivity contribution is -0.127. The summed E-state index contributed by atoms with van der Waals surface area (Å²) in [5, 5.41) is 3.97. The maximum absolute atomic E-state index is 11.5. The van der Waals surface area contributed by atoms with Gasteiger partial charge in [0.2, 0.25) is 5.91 Å². The summed E-state index contributed by atoms with van der Waals surface area (Å²) in [5.41, 5.74) is 1.12. The molecule has 3 nitrogen and oxygen atoms in total. The van der Waals surface area contributed by atoms with E-state index in [1.807, 2.05) is 24.3 Å². The van der Waals surface area contributed by atoms with Gasteiger partial charge in [0, 0.05) is 25.2 Å². The molecule has 0 bridgehead atoms. The number of hydrogen-bond donors (Lipinski definition) is 1. The van der Waals surface area contributed by atoms with Gasteiger partial charge in [-0.15, -0.1) is 0 Å². The van der Waals surface area contributed by atoms with Crippen LogP contribution in [0, 0.1) is 0 Å². The Morgan fingerprint density at radius 2 is 2.18 bits per heavy atom. The third-order valence-electron chi connectivity index (χ3n) is 2.66. The SMILES string of the molecule is CCC(NCC(=O)N(C)C)c1cccc(Cl)c1. The molecule has 1 aromatic carbocycles. The van der Waals surface area contributed by atoms with Gasteiger partial charge in [0.15, 0.2) is 0 Å². The van der Waals surface area contributed by atoms with Crippen molar-refractivity contribution in [2.24, 2.45) is 0 Å². The monoisotopic (exact) mass is 254 g/mol. The molecule has 1 aromatic rings. The van der Waals surface area contributed by atoms with Gasteiger partial charge in [-0.3, -0.25) is 4.79 Å². The smallest absolute Gasteiger partial charge is 0.236 e. The average molecular weight is 255 g/mol. The Hall–Kier alpha value is -1.06. The molecule has 0 spiro atoms. The number of nitrogens with one attached hydrogen (secondary N) is 1. The van der Waals surface area contributed by atoms with Crippen LogP contribution < -0.4 is 5.32 Å². The van der Waals surface area contributed by atoms with Gasteiger partial charge in [-0.1, -0.05) is 30.7 Å². The number of hydrogen-bond acceptors (Lipinski definition) is 2. The molecule has 1 amide bonds. The summed E-state index contributed by atoms with van der Waals surface area (Å²) in [6, 6.07) is 7.90. The highest BCUT2D eigenvalue weighted by molar-refractivity contribution is 6.30. The number of carbonyl (C=O) groups is 1. The van der Waals surface area contributed by atoms with E-state index in [1.165, 1.54) is 0 Å². The molecule has 1 atom stereocenters. The van der Waals surface area contributed by atoms with Crippen molar-refractivity contribution in [2.45, 2.75) is 19.4 Å². The van der Waals surface area contributed by atoms with E-state index in [2.05, 4.69) is 12.2 Å². The van der Waals surface area contributed by atoms with E-state index < -0.39 is 0 Å². The molecule has 0 aliphatic carbocycles. The van der Waals surface area contributed by atoms with Crippen LogP contribution in [-0.4, -0.2) is 31.4 Å². The highest BCUT2D eigenvalue weighted by atomic mass is 35.5. The summed E-state index contributed by atoms with van der Waals surface area (Å²) in [5.74, 6) is 0.0745. The summed E-state index contributed by atoms with van der Waals surface area (Å²) in [6.07, 6.45) is 0.918. The van der Waals surface area contributed by atoms with Crippen LogP contribution in [0.25, 0.3) is 0 Å². The molecule has 1 N–H and O–H groups in total. The van der Waals surface area contributed by atoms with Crippen molar-refractivity contribution in [1.29, 1.82) is 0 Å². The van der Waals surface area contributed by atoms with E-state index in [0.29, 0.717) is 6.54 Å². The highest BCUT2D eigenvalue weighted by Gasteiger charge is 2.11. The first-order valence-electron chi connectivity index (χ1n) is 5.73. The average Bonchev–Trinajstić information content (AvgIpc) is 2.29. The van der Waals surface area contributed by atoms with Crippen molar-refractivity contribution in [3.63, 3.8) is 0 Å². The zero-order valence-corrected chi connectivity index (χ0v) is 11.3. The number of nitrogens with zero attached hydrogens (tertiary/aromatic N) is 1. The first kappa shape index (κ1) is 14.0. The predicted octanol–water partition coefficient (Wildman–Crippen LogP) is 2.47. The Balaban J connectivity index is 2.63. The van der Waals surface area contributed by atoms with Crippen LogP contribution in [0.2, 0.25) is 5.02 Å². The fourth-order valence-corrected chi connectivity index (χ4v) is 1.79. The minimum atomic E-state index is 0.0745. The molecular formula is C13H19ClN2O. The number of carbonyl (C=O) groups excluding carboxylic acids is 1. The van der Waals surface area contributed by atoms with Crippen molar-refractivity contribution in [3.8, 4) is 0 Å². The minimum Gasteiger partial charge on any atom is -0.348 e. The maximum Gasteiger partial charge on any atom is 0.236 e. The van der Waals surface area contributed by atoms with E-state index >= 15 is 0 Å². The van der Waals surface area contributed by atoms with Gasteiger partial charge < -0.3 is 10.2 Å². The fourth-order valence-electron chi connectivity index (χ4n) is 1.59. The largest absolute Gasteiger partial charge is 0.348 e. The number of benzene rings is 1. The quantitative estimate of drug-likeness (QED) is 0.876. The lowest BCUT2D eigenvalue weighted by atomic mass is 10.0. The standard InChI is InChI=1S/C13H19ClN2O/c1-4-12(15-9-13(17)16(2)3)10-6-5-7-11(14)8-10/h5-8,12,15H,4,9H2,1-3H3. The Labute approximate surface area is 108 Å². The summed E-state index contributed by atoms with van der Waals surface area (Å²) >= 11 is 5.96. The number of amides is 1. The molecule has 0 heterocycles. The van der Waals surface area contributed by atoms with Crippen molar-refractivity contribution >= 4 is 17.5 Å². The number of rotatable bonds is 5. The van der Waals surface area contributed by atoms with E-state index in [4.69, 9.17) is 11.6 Å². The van der Waals surface area contributed by atoms with E-state index in [0.717, 1.165) is 17.0 Å². The summed E-state index contributed by atoms with van der Waals surface area (Å²) in [7, 11) is 3.51. The molecule has 1 unspecified atom stereocenters. The zero-order chi connectivity index (χ0) is 12.8. The first-order valence-corrected chi connectivity index (χ1v) is 6.11. The van der Waals surface area contributed by atoms with Crippen LogP contribution in [0.4, 0.5) is 0 Å². The Morgan fingerprint density at radius 1 is 1.47 bits per heavy atom. The van der Waals surface area contributed by atoms with E-state index in [-0.39, 0.29) is 11.9 Å². The Morgan fingerprint density at radius 3 is 2.71 bits per heavy atom. The molecular weight excluding hydrogens is 236 g/mol. The molecule has 0 saturated heterocycles. The Bertz CT molecular complexity index is 379. The molecule has 0 fully saturated rings. The second-order valence-electron chi connectivity index (χ2n) is 4.18. The van der Waals surface area contributed by atoms with Crippen LogP contribution >= 0.6 is 11.6 Å². The molecule has 0 aromatic heterocycles. The van der Waals surface area contributed by atoms with Crippen LogP contribution in [0.1, 0.15) is 24.9 Å². The summed E-state index contributed by atoms with van der Waals surface area (Å²) in [4.78, 5) is 13.1. The molecule has 94 valence electrons. The third kappa shape index (κ3) is 4.36. The lowest BCUT2D eigenvalue weighted by Gasteiger charge is -2.19. The van der Waals surface area contributed by atoms with Crippen LogP contribution in [-0.2, 0) is 4.79 Å². The predicted molar refractivity (Wildman–Crippen MR) is 71.2 cm³/mol. The molecule has 17 heavy (non-hydrogen) atoms. The zero-order valence-electron chi connectivity index (χ0n) is 10.5. The van der Waals surface area contributed by atoms with Crippen LogP contribution in [0.15, 0.2) is 24.3 Å². The number of halogens is 1. The van der Waals surface area contributed by atoms with Crippen LogP contribution in [0.3, 0.4) is 0 Å². The van der Waals surface area contributed by atoms with Crippen molar-refractivity contribution in [2.75, 3.05) is 20.6 Å².